The van der Waals surface area contributed by atoms with E-state index in [9.17, 15) is 0 Å². The lowest BCUT2D eigenvalue weighted by molar-refractivity contribution is 0.635. The molecule has 0 N–H and O–H groups in total. The summed E-state index contributed by atoms with van der Waals surface area (Å²) in [5, 5.41) is 0. The van der Waals surface area contributed by atoms with E-state index in [0.717, 1.165) is 0 Å². The number of hydrogen-bond donors (Lipinski definition) is 0. The van der Waals surface area contributed by atoms with Crippen molar-refractivity contribution in [2.24, 2.45) is 0 Å². The zero-order chi connectivity index (χ0) is 22.1. The first-order chi connectivity index (χ1) is 16.4. The normalized spacial score (nSPS) is 16.8. The highest BCUT2D eigenvalue weighted by molar-refractivity contribution is 8.00. The molecule has 33 heavy (non-hydrogen) atoms. The van der Waals surface area contributed by atoms with E-state index in [1.807, 2.05) is 11.8 Å². The molecule has 0 nitrogen and oxygen atoms in total. The van der Waals surface area contributed by atoms with E-state index in [4.69, 9.17) is 0 Å². The van der Waals surface area contributed by atoms with Gasteiger partial charge in [0.05, 0.1) is 4.75 Å². The van der Waals surface area contributed by atoms with Crippen LogP contribution in [0.25, 0.3) is 11.1 Å². The maximum absolute atomic E-state index is 2.34. The monoisotopic (exact) mass is 440 g/mol. The van der Waals surface area contributed by atoms with E-state index in [1.165, 1.54) is 38.3 Å². The van der Waals surface area contributed by atoms with Crippen LogP contribution in [-0.4, -0.2) is 0 Å². The van der Waals surface area contributed by atoms with Crippen LogP contribution >= 0.6 is 11.8 Å². The van der Waals surface area contributed by atoms with Crippen LogP contribution in [0.1, 0.15) is 28.2 Å². The van der Waals surface area contributed by atoms with E-state index in [1.54, 1.807) is 0 Å². The Bertz CT molecular complexity index is 1340. The molecule has 1 heteroatoms. The van der Waals surface area contributed by atoms with Crippen molar-refractivity contribution in [2.75, 3.05) is 0 Å². The van der Waals surface area contributed by atoms with Gasteiger partial charge in [0.2, 0.25) is 0 Å². The highest BCUT2D eigenvalue weighted by Crippen LogP contribution is 2.63. The summed E-state index contributed by atoms with van der Waals surface area (Å²) in [6, 6.07) is 50.9. The second kappa shape index (κ2) is 8.42. The number of hydrogen-bond acceptors (Lipinski definition) is 1. The van der Waals surface area contributed by atoms with Gasteiger partial charge in [-0.2, -0.15) is 0 Å². The van der Waals surface area contributed by atoms with E-state index >= 15 is 0 Å². The van der Waals surface area contributed by atoms with E-state index < -0.39 is 0 Å². The van der Waals surface area contributed by atoms with Gasteiger partial charge in [0.25, 0.3) is 0 Å². The lowest BCUT2D eigenvalue weighted by Gasteiger charge is -2.46. The minimum atomic E-state index is -0.311. The van der Waals surface area contributed by atoms with Crippen LogP contribution in [0, 0.1) is 0 Å². The molecular weight excluding hydrogens is 416 g/mol. The summed E-state index contributed by atoms with van der Waals surface area (Å²) >= 11 is 2.00. The van der Waals surface area contributed by atoms with Crippen LogP contribution < -0.4 is 0 Å². The molecule has 5 aromatic rings. The van der Waals surface area contributed by atoms with Gasteiger partial charge in [0.15, 0.2) is 0 Å². The highest BCUT2D eigenvalue weighted by Gasteiger charge is 2.48. The third kappa shape index (κ3) is 3.32. The molecule has 0 fully saturated rings. The molecule has 6 rings (SSSR count). The Morgan fingerprint density at radius 1 is 0.455 bits per heavy atom. The van der Waals surface area contributed by atoms with Crippen LogP contribution in [-0.2, 0) is 4.75 Å². The minimum Gasteiger partial charge on any atom is -0.108 e. The predicted octanol–water partition coefficient (Wildman–Crippen LogP) is 8.54. The smallest absolute Gasteiger partial charge is 0.0819 e. The molecule has 1 heterocycles. The molecule has 158 valence electrons. The quantitative estimate of drug-likeness (QED) is 0.270. The molecule has 0 aromatic heterocycles. The topological polar surface area (TPSA) is 0 Å². The lowest BCUT2D eigenvalue weighted by Crippen LogP contribution is -2.35. The maximum atomic E-state index is 2.34. The Balaban J connectivity index is 1.74. The van der Waals surface area contributed by atoms with Crippen molar-refractivity contribution in [3.8, 4) is 11.1 Å². The molecule has 0 saturated carbocycles. The molecule has 5 aromatic carbocycles. The second-order valence-corrected chi connectivity index (χ2v) is 9.79. The molecular formula is C32H24S. The van der Waals surface area contributed by atoms with E-state index in [-0.39, 0.29) is 10.7 Å². The van der Waals surface area contributed by atoms with Gasteiger partial charge < -0.3 is 0 Å². The van der Waals surface area contributed by atoms with Crippen molar-refractivity contribution in [1.29, 1.82) is 0 Å². The van der Waals surface area contributed by atoms with Crippen LogP contribution in [0.5, 0.6) is 0 Å². The summed E-state index contributed by atoms with van der Waals surface area (Å²) in [7, 11) is 0. The maximum Gasteiger partial charge on any atom is 0.0819 e. The van der Waals surface area contributed by atoms with Crippen LogP contribution in [0.15, 0.2) is 144 Å². The van der Waals surface area contributed by atoms with Crippen LogP contribution in [0.3, 0.4) is 0 Å². The summed E-state index contributed by atoms with van der Waals surface area (Å²) in [5.41, 5.74) is 8.01. The van der Waals surface area contributed by atoms with Gasteiger partial charge >= 0.3 is 0 Å². The first-order valence-electron chi connectivity index (χ1n) is 11.4. The first-order valence-corrected chi connectivity index (χ1v) is 12.2. The third-order valence-electron chi connectivity index (χ3n) is 6.65. The fraction of sp³-hybridized carbons (Fsp3) is 0.0625. The SMILES string of the molecule is c1ccc(C(c2ccccc2)C2(c3ccccc3)Sc3ccccc3-c3ccccc32)cc1. The standard InChI is InChI=1S/C32H24S/c1-4-14-24(15-5-1)31(25-16-6-2-7-17-25)32(26-18-8-3-9-19-26)29-22-12-10-20-27(29)28-21-11-13-23-30(28)33-32/h1-23,31H. The van der Waals surface area contributed by atoms with Gasteiger partial charge in [-0.15, -0.1) is 11.8 Å². The van der Waals surface area contributed by atoms with Gasteiger partial charge in [-0.3, -0.25) is 0 Å². The molecule has 0 radical (unpaired) electrons. The number of thioether (sulfide) groups is 1. The van der Waals surface area contributed by atoms with Gasteiger partial charge in [0.1, 0.15) is 0 Å². The Morgan fingerprint density at radius 2 is 0.939 bits per heavy atom. The predicted molar refractivity (Wildman–Crippen MR) is 140 cm³/mol. The summed E-state index contributed by atoms with van der Waals surface area (Å²) in [4.78, 5) is 1.33. The largest absolute Gasteiger partial charge is 0.108 e. The lowest BCUT2D eigenvalue weighted by atomic mass is 9.71. The number of rotatable bonds is 4. The average molecular weight is 441 g/mol. The molecule has 0 aliphatic carbocycles. The van der Waals surface area contributed by atoms with Crippen LogP contribution in [0.2, 0.25) is 0 Å². The molecule has 1 atom stereocenters. The average Bonchev–Trinajstić information content (AvgIpc) is 2.90. The molecule has 0 saturated heterocycles. The Morgan fingerprint density at radius 3 is 1.58 bits per heavy atom. The van der Waals surface area contributed by atoms with Crippen molar-refractivity contribution in [3.63, 3.8) is 0 Å². The fourth-order valence-electron chi connectivity index (χ4n) is 5.28. The van der Waals surface area contributed by atoms with Crippen molar-refractivity contribution in [1.82, 2.24) is 0 Å². The first kappa shape index (κ1) is 20.1. The van der Waals surface area contributed by atoms with Crippen molar-refractivity contribution in [3.05, 3.63) is 162 Å². The third-order valence-corrected chi connectivity index (χ3v) is 8.24. The fourth-order valence-corrected chi connectivity index (χ4v) is 7.00. The molecule has 0 spiro atoms. The molecule has 1 unspecified atom stereocenters. The molecule has 0 bridgehead atoms. The Hall–Kier alpha value is -3.55. The summed E-state index contributed by atoms with van der Waals surface area (Å²) in [6.45, 7) is 0. The number of benzene rings is 5. The van der Waals surface area contributed by atoms with Gasteiger partial charge in [-0.05, 0) is 39.4 Å². The molecule has 0 amide bonds. The highest BCUT2D eigenvalue weighted by atomic mass is 32.2. The van der Waals surface area contributed by atoms with Crippen molar-refractivity contribution in [2.45, 2.75) is 15.6 Å². The van der Waals surface area contributed by atoms with Crippen molar-refractivity contribution >= 4 is 11.8 Å². The Kier molecular flexibility index (Phi) is 5.13. The summed E-state index contributed by atoms with van der Waals surface area (Å²) < 4.78 is -0.311. The van der Waals surface area contributed by atoms with Gasteiger partial charge in [-0.25, -0.2) is 0 Å². The zero-order valence-electron chi connectivity index (χ0n) is 18.3. The second-order valence-electron chi connectivity index (χ2n) is 8.50. The zero-order valence-corrected chi connectivity index (χ0v) is 19.1. The summed E-state index contributed by atoms with van der Waals surface area (Å²) in [6.07, 6.45) is 0. The Labute approximate surface area is 200 Å². The minimum absolute atomic E-state index is 0.141. The summed E-state index contributed by atoms with van der Waals surface area (Å²) in [5.74, 6) is 0.141. The van der Waals surface area contributed by atoms with Crippen LogP contribution in [0.4, 0.5) is 0 Å². The number of fused-ring (bicyclic) bond motifs is 3. The van der Waals surface area contributed by atoms with Gasteiger partial charge in [0, 0.05) is 10.8 Å². The van der Waals surface area contributed by atoms with Crippen molar-refractivity contribution < 1.29 is 0 Å². The van der Waals surface area contributed by atoms with E-state index in [0.29, 0.717) is 0 Å². The molecule has 1 aliphatic heterocycles. The molecule has 1 aliphatic rings. The van der Waals surface area contributed by atoms with Gasteiger partial charge in [-0.1, -0.05) is 133 Å². The van der Waals surface area contributed by atoms with E-state index in [2.05, 4.69) is 140 Å².